The smallest absolute Gasteiger partial charge is 0.316 e. The summed E-state index contributed by atoms with van der Waals surface area (Å²) in [6.45, 7) is 4.04. The van der Waals surface area contributed by atoms with E-state index in [0.717, 1.165) is 0 Å². The van der Waals surface area contributed by atoms with Crippen molar-refractivity contribution < 1.29 is 24.2 Å². The number of hydrogen-bond acceptors (Lipinski definition) is 5. The van der Waals surface area contributed by atoms with E-state index < -0.39 is 22.9 Å². The summed E-state index contributed by atoms with van der Waals surface area (Å²) in [4.78, 5) is 27.7. The van der Waals surface area contributed by atoms with Crippen LogP contribution in [0.5, 0.6) is 5.75 Å². The molecule has 1 aliphatic carbocycles. The first kappa shape index (κ1) is 18.7. The van der Waals surface area contributed by atoms with E-state index in [0.29, 0.717) is 37.1 Å². The molecule has 6 nitrogen and oxygen atoms in total. The van der Waals surface area contributed by atoms with Crippen molar-refractivity contribution in [3.8, 4) is 5.75 Å². The number of rotatable bonds is 5. The van der Waals surface area contributed by atoms with Crippen molar-refractivity contribution in [2.75, 3.05) is 25.2 Å². The minimum Gasteiger partial charge on any atom is -0.497 e. The summed E-state index contributed by atoms with van der Waals surface area (Å²) >= 11 is 0. The summed E-state index contributed by atoms with van der Waals surface area (Å²) in [5.74, 6) is -0.459. The maximum Gasteiger partial charge on any atom is 0.316 e. The molecule has 3 rings (SSSR count). The lowest BCUT2D eigenvalue weighted by atomic mass is 9.63. The summed E-state index contributed by atoms with van der Waals surface area (Å²) in [5.41, 5.74) is -1.71. The van der Waals surface area contributed by atoms with Crippen molar-refractivity contribution in [3.05, 3.63) is 24.3 Å². The van der Waals surface area contributed by atoms with Gasteiger partial charge in [0, 0.05) is 12.2 Å². The largest absolute Gasteiger partial charge is 0.497 e. The third kappa shape index (κ3) is 2.58. The predicted octanol–water partition coefficient (Wildman–Crippen LogP) is 2.53. The summed E-state index contributed by atoms with van der Waals surface area (Å²) < 4.78 is 10.5. The topological polar surface area (TPSA) is 76.1 Å². The van der Waals surface area contributed by atoms with Gasteiger partial charge in [0.1, 0.15) is 11.2 Å². The minimum absolute atomic E-state index is 0.137. The van der Waals surface area contributed by atoms with Crippen LogP contribution in [0.3, 0.4) is 0 Å². The van der Waals surface area contributed by atoms with E-state index in [-0.39, 0.29) is 19.1 Å². The molecule has 2 aliphatic rings. The second-order valence-electron chi connectivity index (χ2n) is 7.16. The van der Waals surface area contributed by atoms with E-state index in [9.17, 15) is 14.7 Å². The Kier molecular flexibility index (Phi) is 4.97. The highest BCUT2D eigenvalue weighted by atomic mass is 16.5. The van der Waals surface area contributed by atoms with Gasteiger partial charge >= 0.3 is 5.97 Å². The summed E-state index contributed by atoms with van der Waals surface area (Å²) in [6.07, 6.45) is 2.16. The highest BCUT2D eigenvalue weighted by molar-refractivity contribution is 6.00. The van der Waals surface area contributed by atoms with Crippen LogP contribution in [-0.2, 0) is 14.3 Å². The molecule has 1 N–H and O–H groups in total. The number of piperidine rings is 1. The molecule has 1 saturated carbocycles. The fourth-order valence-electron chi connectivity index (χ4n) is 4.68. The van der Waals surface area contributed by atoms with Crippen LogP contribution < -0.4 is 9.64 Å². The Morgan fingerprint density at radius 3 is 2.54 bits per heavy atom. The van der Waals surface area contributed by atoms with Crippen molar-refractivity contribution in [3.63, 3.8) is 0 Å². The maximum absolute atomic E-state index is 13.2. The lowest BCUT2D eigenvalue weighted by Crippen LogP contribution is -2.68. The molecule has 1 saturated heterocycles. The van der Waals surface area contributed by atoms with Crippen LogP contribution in [0.1, 0.15) is 39.5 Å². The standard InChI is InChI=1S/C20H27NO5/c1-4-16-17(22)21(14-7-9-15(25-3)10-8-14)13-19(18(23)26-5-2)11-6-12-20(16,19)24/h7-10,16,24H,4-6,11-13H2,1-3H3/t16-,19-,20-/m0/s1. The van der Waals surface area contributed by atoms with Crippen LogP contribution in [0, 0.1) is 11.3 Å². The second kappa shape index (κ2) is 6.91. The highest BCUT2D eigenvalue weighted by Crippen LogP contribution is 2.56. The average Bonchev–Trinajstić information content (AvgIpc) is 2.99. The molecular weight excluding hydrogens is 334 g/mol. The van der Waals surface area contributed by atoms with Crippen LogP contribution >= 0.6 is 0 Å². The second-order valence-corrected chi connectivity index (χ2v) is 7.16. The number of fused-ring (bicyclic) bond motifs is 1. The normalized spacial score (nSPS) is 30.8. The Balaban J connectivity index is 2.05. The van der Waals surface area contributed by atoms with Gasteiger partial charge in [-0.2, -0.15) is 0 Å². The molecule has 1 aromatic rings. The lowest BCUT2D eigenvalue weighted by Gasteiger charge is -2.51. The van der Waals surface area contributed by atoms with E-state index in [1.165, 1.54) is 0 Å². The first-order valence-electron chi connectivity index (χ1n) is 9.28. The lowest BCUT2D eigenvalue weighted by molar-refractivity contribution is -0.184. The molecule has 6 heteroatoms. The van der Waals surface area contributed by atoms with E-state index in [4.69, 9.17) is 9.47 Å². The third-order valence-electron chi connectivity index (χ3n) is 6.02. The first-order valence-corrected chi connectivity index (χ1v) is 9.28. The molecule has 1 amide bonds. The number of esters is 1. The summed E-state index contributed by atoms with van der Waals surface area (Å²) in [7, 11) is 1.59. The molecule has 0 radical (unpaired) electrons. The maximum atomic E-state index is 13.2. The number of hydrogen-bond donors (Lipinski definition) is 1. The van der Waals surface area contributed by atoms with Crippen molar-refractivity contribution >= 4 is 17.6 Å². The number of benzene rings is 1. The van der Waals surface area contributed by atoms with Gasteiger partial charge in [-0.3, -0.25) is 9.59 Å². The van der Waals surface area contributed by atoms with Crippen molar-refractivity contribution in [2.24, 2.45) is 11.3 Å². The van der Waals surface area contributed by atoms with Gasteiger partial charge in [0.15, 0.2) is 0 Å². The quantitative estimate of drug-likeness (QED) is 0.816. The Hall–Kier alpha value is -2.08. The van der Waals surface area contributed by atoms with Crippen LogP contribution in [0.25, 0.3) is 0 Å². The molecule has 26 heavy (non-hydrogen) atoms. The Bertz CT molecular complexity index is 688. The van der Waals surface area contributed by atoms with Gasteiger partial charge in [0.25, 0.3) is 0 Å². The molecule has 0 aromatic heterocycles. The summed E-state index contributed by atoms with van der Waals surface area (Å²) in [6, 6.07) is 7.19. The van der Waals surface area contributed by atoms with Gasteiger partial charge in [0.2, 0.25) is 5.91 Å². The predicted molar refractivity (Wildman–Crippen MR) is 97.0 cm³/mol. The third-order valence-corrected chi connectivity index (χ3v) is 6.02. The Labute approximate surface area is 154 Å². The molecule has 1 aliphatic heterocycles. The van der Waals surface area contributed by atoms with Crippen molar-refractivity contribution in [1.29, 1.82) is 0 Å². The van der Waals surface area contributed by atoms with Gasteiger partial charge in [-0.15, -0.1) is 0 Å². The zero-order valence-electron chi connectivity index (χ0n) is 15.7. The number of amides is 1. The molecule has 1 aromatic carbocycles. The Morgan fingerprint density at radius 1 is 1.27 bits per heavy atom. The molecule has 3 atom stereocenters. The average molecular weight is 361 g/mol. The molecule has 1 heterocycles. The zero-order chi connectivity index (χ0) is 18.9. The number of anilines is 1. The van der Waals surface area contributed by atoms with E-state index in [2.05, 4.69) is 0 Å². The fourth-order valence-corrected chi connectivity index (χ4v) is 4.68. The van der Waals surface area contributed by atoms with Crippen LogP contribution in [0.15, 0.2) is 24.3 Å². The van der Waals surface area contributed by atoms with Gasteiger partial charge in [-0.05, 0) is 56.9 Å². The monoisotopic (exact) mass is 361 g/mol. The number of ether oxygens (including phenoxy) is 2. The van der Waals surface area contributed by atoms with Crippen molar-refractivity contribution in [1.82, 2.24) is 0 Å². The van der Waals surface area contributed by atoms with E-state index in [1.54, 1.807) is 31.1 Å². The number of carbonyl (C=O) groups excluding carboxylic acids is 2. The SMILES string of the molecule is CCOC(=O)[C@@]12CCC[C@]1(O)[C@@H](CC)C(=O)N(c1ccc(OC)cc1)C2. The molecule has 2 fully saturated rings. The van der Waals surface area contributed by atoms with Gasteiger partial charge in [-0.1, -0.05) is 6.92 Å². The van der Waals surface area contributed by atoms with Crippen LogP contribution in [-0.4, -0.2) is 42.8 Å². The molecular formula is C20H27NO5. The van der Waals surface area contributed by atoms with Crippen molar-refractivity contribution in [2.45, 2.75) is 45.1 Å². The van der Waals surface area contributed by atoms with Crippen LogP contribution in [0.2, 0.25) is 0 Å². The zero-order valence-corrected chi connectivity index (χ0v) is 15.7. The molecule has 0 bridgehead atoms. The van der Waals surface area contributed by atoms with E-state index in [1.807, 2.05) is 19.1 Å². The van der Waals surface area contributed by atoms with Gasteiger partial charge in [-0.25, -0.2) is 0 Å². The number of aliphatic hydroxyl groups is 1. The Morgan fingerprint density at radius 2 is 1.96 bits per heavy atom. The first-order chi connectivity index (χ1) is 12.4. The van der Waals surface area contributed by atoms with Gasteiger partial charge < -0.3 is 19.5 Å². The van der Waals surface area contributed by atoms with Crippen LogP contribution in [0.4, 0.5) is 5.69 Å². The number of nitrogens with zero attached hydrogens (tertiary/aromatic N) is 1. The molecule has 0 unspecified atom stereocenters. The molecule has 142 valence electrons. The number of methoxy groups -OCH3 is 1. The molecule has 0 spiro atoms. The van der Waals surface area contributed by atoms with E-state index >= 15 is 0 Å². The highest BCUT2D eigenvalue weighted by Gasteiger charge is 2.68. The summed E-state index contributed by atoms with van der Waals surface area (Å²) in [5, 5.41) is 11.5. The number of carbonyl (C=O) groups is 2. The fraction of sp³-hybridized carbons (Fsp3) is 0.600. The van der Waals surface area contributed by atoms with Gasteiger partial charge in [0.05, 0.1) is 25.2 Å². The minimum atomic E-state index is -1.34.